The third-order valence-corrected chi connectivity index (χ3v) is 5.52. The fourth-order valence-corrected chi connectivity index (χ4v) is 4.43. The van der Waals surface area contributed by atoms with Gasteiger partial charge in [0.1, 0.15) is 0 Å². The van der Waals surface area contributed by atoms with Crippen molar-refractivity contribution in [1.82, 2.24) is 5.43 Å². The van der Waals surface area contributed by atoms with Gasteiger partial charge in [0.2, 0.25) is 0 Å². The number of hydrazine groups is 1. The summed E-state index contributed by atoms with van der Waals surface area (Å²) in [6.45, 7) is 2.90. The largest absolute Gasteiger partial charge is 0.375 e. The number of rotatable bonds is 3. The summed E-state index contributed by atoms with van der Waals surface area (Å²) in [6.07, 6.45) is 7.11. The number of hydrogen-bond acceptors (Lipinski definition) is 3. The van der Waals surface area contributed by atoms with Crippen LogP contribution in [0.3, 0.4) is 0 Å². The van der Waals surface area contributed by atoms with E-state index < -0.39 is 0 Å². The second-order valence-electron chi connectivity index (χ2n) is 6.66. The second-order valence-corrected chi connectivity index (χ2v) is 7.07. The van der Waals surface area contributed by atoms with Crippen LogP contribution in [0.4, 0.5) is 0 Å². The van der Waals surface area contributed by atoms with E-state index in [-0.39, 0.29) is 11.6 Å². The molecule has 1 aromatic rings. The summed E-state index contributed by atoms with van der Waals surface area (Å²) in [5.41, 5.74) is 5.42. The summed E-state index contributed by atoms with van der Waals surface area (Å²) in [4.78, 5) is 0. The second kappa shape index (κ2) is 6.25. The highest BCUT2D eigenvalue weighted by Gasteiger charge is 2.42. The molecule has 21 heavy (non-hydrogen) atoms. The van der Waals surface area contributed by atoms with Crippen LogP contribution in [0, 0.1) is 12.8 Å². The van der Waals surface area contributed by atoms with Gasteiger partial charge in [-0.2, -0.15) is 0 Å². The molecule has 2 aliphatic rings. The molecule has 2 fully saturated rings. The van der Waals surface area contributed by atoms with Crippen molar-refractivity contribution in [3.63, 3.8) is 0 Å². The molecule has 3 rings (SSSR count). The highest BCUT2D eigenvalue weighted by atomic mass is 35.5. The third kappa shape index (κ3) is 3.11. The lowest BCUT2D eigenvalue weighted by Gasteiger charge is -2.41. The zero-order valence-corrected chi connectivity index (χ0v) is 13.5. The molecule has 4 heteroatoms. The Morgan fingerprint density at radius 1 is 1.38 bits per heavy atom. The summed E-state index contributed by atoms with van der Waals surface area (Å²) >= 11 is 6.45. The maximum absolute atomic E-state index is 6.45. The maximum Gasteiger partial charge on any atom is 0.0686 e. The average molecular weight is 309 g/mol. The smallest absolute Gasteiger partial charge is 0.0686 e. The molecule has 0 bridgehead atoms. The number of nitrogens with one attached hydrogen (secondary N) is 1. The van der Waals surface area contributed by atoms with Gasteiger partial charge in [0.15, 0.2) is 0 Å². The van der Waals surface area contributed by atoms with Gasteiger partial charge >= 0.3 is 0 Å². The van der Waals surface area contributed by atoms with Crippen molar-refractivity contribution in [1.29, 1.82) is 0 Å². The normalized spacial score (nSPS) is 26.1. The fourth-order valence-electron chi connectivity index (χ4n) is 4.08. The molecule has 1 aliphatic heterocycles. The Bertz CT molecular complexity index is 500. The molecule has 1 saturated heterocycles. The van der Waals surface area contributed by atoms with E-state index in [1.807, 2.05) is 6.07 Å². The lowest BCUT2D eigenvalue weighted by atomic mass is 9.78. The van der Waals surface area contributed by atoms with Gasteiger partial charge in [-0.25, -0.2) is 0 Å². The van der Waals surface area contributed by atoms with Gasteiger partial charge in [-0.15, -0.1) is 0 Å². The van der Waals surface area contributed by atoms with Crippen LogP contribution in [0.2, 0.25) is 5.02 Å². The van der Waals surface area contributed by atoms with Crippen molar-refractivity contribution in [3.05, 3.63) is 34.3 Å². The average Bonchev–Trinajstić information content (AvgIpc) is 2.90. The van der Waals surface area contributed by atoms with E-state index in [1.54, 1.807) is 0 Å². The van der Waals surface area contributed by atoms with E-state index in [9.17, 15) is 0 Å². The molecule has 3 N–H and O–H groups in total. The number of aryl methyl sites for hydroxylation is 1. The van der Waals surface area contributed by atoms with Gasteiger partial charge in [0.05, 0.1) is 11.6 Å². The van der Waals surface area contributed by atoms with Crippen LogP contribution in [0.25, 0.3) is 0 Å². The predicted octanol–water partition coefficient (Wildman–Crippen LogP) is 3.89. The summed E-state index contributed by atoms with van der Waals surface area (Å²) in [5.74, 6) is 6.37. The Balaban J connectivity index is 1.82. The summed E-state index contributed by atoms with van der Waals surface area (Å²) in [7, 11) is 0. The van der Waals surface area contributed by atoms with Crippen LogP contribution in [-0.4, -0.2) is 12.2 Å². The van der Waals surface area contributed by atoms with Crippen molar-refractivity contribution in [2.75, 3.05) is 6.61 Å². The molecule has 1 heterocycles. The molecule has 0 amide bonds. The fraction of sp³-hybridized carbons (Fsp3) is 0.647. The highest BCUT2D eigenvalue weighted by Crippen LogP contribution is 2.45. The molecule has 1 saturated carbocycles. The van der Waals surface area contributed by atoms with Crippen molar-refractivity contribution < 1.29 is 4.74 Å². The minimum absolute atomic E-state index is 0.106. The Labute approximate surface area is 132 Å². The number of halogens is 1. The summed E-state index contributed by atoms with van der Waals surface area (Å²) < 4.78 is 6.13. The minimum Gasteiger partial charge on any atom is -0.375 e. The van der Waals surface area contributed by atoms with Crippen LogP contribution in [0.15, 0.2) is 18.2 Å². The first-order valence-electron chi connectivity index (χ1n) is 8.00. The summed E-state index contributed by atoms with van der Waals surface area (Å²) in [5, 5.41) is 0.810. The number of benzene rings is 1. The maximum atomic E-state index is 6.45. The standard InChI is InChI=1S/C17H25ClN2O/c1-12-4-5-14(15(18)10-12)16(20-19)13-6-9-21-17(11-13)7-2-3-8-17/h4-5,10,13,16,20H,2-3,6-9,11,19H2,1H3. The molecule has 1 aromatic carbocycles. The number of nitrogens with two attached hydrogens (primary N) is 1. The van der Waals surface area contributed by atoms with Crippen LogP contribution < -0.4 is 11.3 Å². The predicted molar refractivity (Wildman–Crippen MR) is 86.1 cm³/mol. The van der Waals surface area contributed by atoms with E-state index in [2.05, 4.69) is 24.5 Å². The number of hydrogen-bond donors (Lipinski definition) is 2. The Kier molecular flexibility index (Phi) is 4.55. The molecule has 2 unspecified atom stereocenters. The quantitative estimate of drug-likeness (QED) is 0.658. The zero-order valence-electron chi connectivity index (χ0n) is 12.7. The molecule has 116 valence electrons. The van der Waals surface area contributed by atoms with E-state index in [0.29, 0.717) is 5.92 Å². The van der Waals surface area contributed by atoms with Crippen molar-refractivity contribution in [2.45, 2.75) is 57.1 Å². The molecular formula is C17H25ClN2O. The van der Waals surface area contributed by atoms with E-state index in [0.717, 1.165) is 30.0 Å². The lowest BCUT2D eigenvalue weighted by Crippen LogP contribution is -2.43. The van der Waals surface area contributed by atoms with Gasteiger partial charge in [-0.1, -0.05) is 36.6 Å². The third-order valence-electron chi connectivity index (χ3n) is 5.19. The lowest BCUT2D eigenvalue weighted by molar-refractivity contribution is -0.0982. The number of ether oxygens (including phenoxy) is 1. The Hall–Kier alpha value is -0.610. The zero-order chi connectivity index (χ0) is 14.9. The van der Waals surface area contributed by atoms with E-state index >= 15 is 0 Å². The van der Waals surface area contributed by atoms with Gasteiger partial charge < -0.3 is 4.74 Å². The first-order valence-corrected chi connectivity index (χ1v) is 8.37. The van der Waals surface area contributed by atoms with E-state index in [4.69, 9.17) is 22.2 Å². The first-order chi connectivity index (χ1) is 10.1. The van der Waals surface area contributed by atoms with Crippen LogP contribution >= 0.6 is 11.6 Å². The molecule has 0 radical (unpaired) electrons. The Morgan fingerprint density at radius 2 is 2.14 bits per heavy atom. The molecule has 1 aliphatic carbocycles. The summed E-state index contributed by atoms with van der Waals surface area (Å²) in [6, 6.07) is 6.35. The van der Waals surface area contributed by atoms with Crippen LogP contribution in [0.5, 0.6) is 0 Å². The van der Waals surface area contributed by atoms with Crippen molar-refractivity contribution in [3.8, 4) is 0 Å². The van der Waals surface area contributed by atoms with Gasteiger partial charge in [-0.3, -0.25) is 11.3 Å². The molecule has 1 spiro atoms. The minimum atomic E-state index is 0.106. The topological polar surface area (TPSA) is 47.3 Å². The monoisotopic (exact) mass is 308 g/mol. The van der Waals surface area contributed by atoms with Gasteiger partial charge in [-0.05, 0) is 55.7 Å². The molecular weight excluding hydrogens is 284 g/mol. The van der Waals surface area contributed by atoms with Crippen molar-refractivity contribution in [2.24, 2.45) is 11.8 Å². The SMILES string of the molecule is Cc1ccc(C(NN)C2CCOC3(CCCC3)C2)c(Cl)c1. The first kappa shape index (κ1) is 15.3. The van der Waals surface area contributed by atoms with Crippen molar-refractivity contribution >= 4 is 11.6 Å². The van der Waals surface area contributed by atoms with Crippen LogP contribution in [0.1, 0.15) is 55.7 Å². The molecule has 0 aromatic heterocycles. The van der Waals surface area contributed by atoms with E-state index in [1.165, 1.54) is 31.2 Å². The highest BCUT2D eigenvalue weighted by molar-refractivity contribution is 6.31. The van der Waals surface area contributed by atoms with Gasteiger partial charge in [0.25, 0.3) is 0 Å². The molecule has 2 atom stereocenters. The Morgan fingerprint density at radius 3 is 2.81 bits per heavy atom. The molecule has 3 nitrogen and oxygen atoms in total. The van der Waals surface area contributed by atoms with Gasteiger partial charge in [0, 0.05) is 11.6 Å². The van der Waals surface area contributed by atoms with Crippen LogP contribution in [-0.2, 0) is 4.74 Å².